The molecule has 0 aliphatic carbocycles. The summed E-state index contributed by atoms with van der Waals surface area (Å²) in [6.07, 6.45) is -4.54. The molecule has 3 amide bonds. The number of carbonyl (C=O) groups is 2. The number of para-hydroxylation sites is 1. The number of halogens is 3. The number of aromatic nitrogens is 3. The van der Waals surface area contributed by atoms with Crippen molar-refractivity contribution in [3.05, 3.63) is 36.2 Å². The number of benzene rings is 1. The number of hydrogen-bond donors (Lipinski definition) is 2. The van der Waals surface area contributed by atoms with E-state index in [4.69, 9.17) is 0 Å². The van der Waals surface area contributed by atoms with Crippen molar-refractivity contribution in [1.82, 2.24) is 25.4 Å². The summed E-state index contributed by atoms with van der Waals surface area (Å²) in [5, 5.41) is 11.7. The van der Waals surface area contributed by atoms with Gasteiger partial charge in [0.2, 0.25) is 5.91 Å². The fraction of sp³-hybridized carbons (Fsp3) is 0.286. The first-order valence-corrected chi connectivity index (χ1v) is 7.99. The molecule has 0 bridgehead atoms. The van der Waals surface area contributed by atoms with E-state index in [-0.39, 0.29) is 5.75 Å². The highest BCUT2D eigenvalue weighted by Crippen LogP contribution is 2.21. The van der Waals surface area contributed by atoms with Gasteiger partial charge in [-0.25, -0.2) is 4.79 Å². The highest BCUT2D eigenvalue weighted by Gasteiger charge is 2.28. The maximum atomic E-state index is 12.0. The van der Waals surface area contributed by atoms with Crippen LogP contribution in [-0.4, -0.2) is 45.2 Å². The predicted molar refractivity (Wildman–Crippen MR) is 84.4 cm³/mol. The molecule has 134 valence electrons. The third-order valence-corrected chi connectivity index (χ3v) is 3.77. The second-order valence-corrected chi connectivity index (χ2v) is 5.78. The molecule has 1 heterocycles. The number of nitrogens with zero attached hydrogens (tertiary/aromatic N) is 3. The highest BCUT2D eigenvalue weighted by atomic mass is 32.2. The molecule has 0 atom stereocenters. The summed E-state index contributed by atoms with van der Waals surface area (Å²) in [5.41, 5.74) is 0.802. The molecule has 25 heavy (non-hydrogen) atoms. The molecule has 0 saturated carbocycles. The molecule has 0 saturated heterocycles. The van der Waals surface area contributed by atoms with Crippen molar-refractivity contribution < 1.29 is 22.8 Å². The lowest BCUT2D eigenvalue weighted by Crippen LogP contribution is -2.43. The van der Waals surface area contributed by atoms with Crippen LogP contribution in [0.4, 0.5) is 18.0 Å². The molecule has 1 aromatic heterocycles. The topological polar surface area (TPSA) is 88.9 Å². The number of aryl methyl sites for hydroxylation is 1. The lowest BCUT2D eigenvalue weighted by atomic mass is 10.3. The first kappa shape index (κ1) is 18.8. The molecule has 0 radical (unpaired) electrons. The quantitative estimate of drug-likeness (QED) is 0.783. The number of carbonyl (C=O) groups excluding carboxylic acids is 2. The third-order valence-electron chi connectivity index (χ3n) is 2.84. The van der Waals surface area contributed by atoms with Crippen molar-refractivity contribution in [3.8, 4) is 5.69 Å². The van der Waals surface area contributed by atoms with E-state index in [0.29, 0.717) is 11.0 Å². The van der Waals surface area contributed by atoms with E-state index in [0.717, 1.165) is 17.4 Å². The van der Waals surface area contributed by atoms with Crippen LogP contribution in [0.15, 0.2) is 35.5 Å². The van der Waals surface area contributed by atoms with Gasteiger partial charge in [0, 0.05) is 5.69 Å². The Hall–Kier alpha value is -2.56. The first-order valence-electron chi connectivity index (χ1n) is 7.01. The summed E-state index contributed by atoms with van der Waals surface area (Å²) in [4.78, 5) is 22.9. The molecule has 2 N–H and O–H groups in total. The standard InChI is InChI=1S/C14H14F3N5O2S/c1-9-20-21-13(22(9)10-5-3-2-4-6-10)25-7-11(23)19-12(24)18-8-14(15,16)17/h2-6H,7-8H2,1H3,(H2,18,19,23,24). The van der Waals surface area contributed by atoms with Crippen LogP contribution in [0.3, 0.4) is 0 Å². The SMILES string of the molecule is Cc1nnc(SCC(=O)NC(=O)NCC(F)(F)F)n1-c1ccccc1. The summed E-state index contributed by atoms with van der Waals surface area (Å²) >= 11 is 1.01. The molecule has 0 aliphatic heterocycles. The van der Waals surface area contributed by atoms with Crippen molar-refractivity contribution >= 4 is 23.7 Å². The van der Waals surface area contributed by atoms with Crippen LogP contribution in [-0.2, 0) is 4.79 Å². The van der Waals surface area contributed by atoms with E-state index in [2.05, 4.69) is 10.2 Å². The average Bonchev–Trinajstić information content (AvgIpc) is 2.92. The van der Waals surface area contributed by atoms with Gasteiger partial charge in [0.1, 0.15) is 12.4 Å². The van der Waals surface area contributed by atoms with Gasteiger partial charge in [0.25, 0.3) is 0 Å². The zero-order valence-electron chi connectivity index (χ0n) is 13.0. The molecule has 2 rings (SSSR count). The normalized spacial score (nSPS) is 11.2. The Morgan fingerprint density at radius 1 is 1.20 bits per heavy atom. The Morgan fingerprint density at radius 3 is 2.52 bits per heavy atom. The summed E-state index contributed by atoms with van der Waals surface area (Å²) < 4.78 is 37.7. The van der Waals surface area contributed by atoms with E-state index in [9.17, 15) is 22.8 Å². The minimum atomic E-state index is -4.54. The smallest absolute Gasteiger partial charge is 0.329 e. The van der Waals surface area contributed by atoms with Crippen LogP contribution in [0.5, 0.6) is 0 Å². The van der Waals surface area contributed by atoms with E-state index >= 15 is 0 Å². The minimum Gasteiger partial charge on any atom is -0.329 e. The Morgan fingerprint density at radius 2 is 1.88 bits per heavy atom. The van der Waals surface area contributed by atoms with Gasteiger partial charge in [0.15, 0.2) is 5.16 Å². The largest absolute Gasteiger partial charge is 0.405 e. The van der Waals surface area contributed by atoms with Crippen molar-refractivity contribution in [2.75, 3.05) is 12.3 Å². The first-order chi connectivity index (χ1) is 11.8. The lowest BCUT2D eigenvalue weighted by Gasteiger charge is -2.09. The highest BCUT2D eigenvalue weighted by molar-refractivity contribution is 7.99. The molecular weight excluding hydrogens is 359 g/mol. The van der Waals surface area contributed by atoms with E-state index in [1.165, 1.54) is 0 Å². The van der Waals surface area contributed by atoms with Crippen LogP contribution in [0.25, 0.3) is 5.69 Å². The zero-order valence-corrected chi connectivity index (χ0v) is 13.8. The Labute approximate surface area is 145 Å². The summed E-state index contributed by atoms with van der Waals surface area (Å²) in [7, 11) is 0. The van der Waals surface area contributed by atoms with Crippen LogP contribution < -0.4 is 10.6 Å². The second-order valence-electron chi connectivity index (χ2n) is 4.84. The lowest BCUT2D eigenvalue weighted by molar-refractivity contribution is -0.124. The number of nitrogens with one attached hydrogen (secondary N) is 2. The maximum absolute atomic E-state index is 12.0. The number of thioether (sulfide) groups is 1. The zero-order chi connectivity index (χ0) is 18.4. The van der Waals surface area contributed by atoms with Gasteiger partial charge in [0.05, 0.1) is 5.75 Å². The summed E-state index contributed by atoms with van der Waals surface area (Å²) in [6.45, 7) is 0.232. The maximum Gasteiger partial charge on any atom is 0.405 e. The molecule has 0 spiro atoms. The number of rotatable bonds is 5. The Bertz CT molecular complexity index is 749. The molecule has 0 fully saturated rings. The van der Waals surface area contributed by atoms with Crippen LogP contribution in [0.2, 0.25) is 0 Å². The van der Waals surface area contributed by atoms with Gasteiger partial charge in [-0.2, -0.15) is 13.2 Å². The second kappa shape index (κ2) is 8.01. The number of hydrogen-bond acceptors (Lipinski definition) is 5. The molecule has 2 aromatic rings. The molecule has 0 unspecified atom stereocenters. The Kier molecular flexibility index (Phi) is 6.02. The minimum absolute atomic E-state index is 0.204. The average molecular weight is 373 g/mol. The molecule has 1 aromatic carbocycles. The third kappa shape index (κ3) is 5.78. The number of amides is 3. The van der Waals surface area contributed by atoms with E-state index < -0.39 is 24.7 Å². The monoisotopic (exact) mass is 373 g/mol. The number of imide groups is 1. The van der Waals surface area contributed by atoms with Gasteiger partial charge in [-0.1, -0.05) is 30.0 Å². The van der Waals surface area contributed by atoms with Gasteiger partial charge >= 0.3 is 12.2 Å². The molecule has 11 heteroatoms. The van der Waals surface area contributed by atoms with E-state index in [1.54, 1.807) is 16.8 Å². The van der Waals surface area contributed by atoms with Crippen LogP contribution in [0, 0.1) is 6.92 Å². The van der Waals surface area contributed by atoms with Gasteiger partial charge in [-0.15, -0.1) is 10.2 Å². The van der Waals surface area contributed by atoms with Crippen molar-refractivity contribution in [3.63, 3.8) is 0 Å². The van der Waals surface area contributed by atoms with Crippen molar-refractivity contribution in [2.24, 2.45) is 0 Å². The molecular formula is C14H14F3N5O2S. The van der Waals surface area contributed by atoms with Gasteiger partial charge in [-0.3, -0.25) is 14.7 Å². The fourth-order valence-corrected chi connectivity index (χ4v) is 2.63. The van der Waals surface area contributed by atoms with Gasteiger partial charge in [-0.05, 0) is 19.1 Å². The molecule has 7 nitrogen and oxygen atoms in total. The fourth-order valence-electron chi connectivity index (χ4n) is 1.83. The number of urea groups is 1. The van der Waals surface area contributed by atoms with Crippen LogP contribution >= 0.6 is 11.8 Å². The predicted octanol–water partition coefficient (Wildman–Crippen LogP) is 2.06. The van der Waals surface area contributed by atoms with E-state index in [1.807, 2.05) is 35.6 Å². The van der Waals surface area contributed by atoms with Crippen molar-refractivity contribution in [2.45, 2.75) is 18.3 Å². The molecule has 0 aliphatic rings. The number of alkyl halides is 3. The van der Waals surface area contributed by atoms with Crippen LogP contribution in [0.1, 0.15) is 5.82 Å². The summed E-state index contributed by atoms with van der Waals surface area (Å²) in [5.74, 6) is -0.341. The van der Waals surface area contributed by atoms with Crippen molar-refractivity contribution in [1.29, 1.82) is 0 Å². The summed E-state index contributed by atoms with van der Waals surface area (Å²) in [6, 6.07) is 7.99. The van der Waals surface area contributed by atoms with Gasteiger partial charge < -0.3 is 5.32 Å². The Balaban J connectivity index is 1.92.